The van der Waals surface area contributed by atoms with Crippen LogP contribution in [0, 0.1) is 6.92 Å². The molecule has 0 aromatic heterocycles. The second kappa shape index (κ2) is 5.92. The molecule has 0 saturated carbocycles. The molecule has 0 aliphatic heterocycles. The van der Waals surface area contributed by atoms with Crippen LogP contribution in [0.3, 0.4) is 0 Å². The van der Waals surface area contributed by atoms with Crippen molar-refractivity contribution in [3.63, 3.8) is 0 Å². The van der Waals surface area contributed by atoms with E-state index in [4.69, 9.17) is 5.11 Å². The third kappa shape index (κ3) is 6.39. The van der Waals surface area contributed by atoms with Crippen LogP contribution in [-0.4, -0.2) is 56.7 Å². The molecule has 0 saturated heterocycles. The van der Waals surface area contributed by atoms with Crippen LogP contribution in [-0.2, 0) is 10.2 Å². The minimum absolute atomic E-state index is 0.236. The highest BCUT2D eigenvalue weighted by atomic mass is 32.2. The van der Waals surface area contributed by atoms with Crippen LogP contribution in [0.1, 0.15) is 13.8 Å². The van der Waals surface area contributed by atoms with Crippen molar-refractivity contribution in [3.05, 3.63) is 6.92 Å². The first-order chi connectivity index (χ1) is 7.07. The fourth-order valence-corrected chi connectivity index (χ4v) is 1.66. The molecule has 1 atom stereocenters. The van der Waals surface area contributed by atoms with E-state index in [-0.39, 0.29) is 6.54 Å². The highest BCUT2D eigenvalue weighted by Crippen LogP contribution is 2.01. The first-order valence-corrected chi connectivity index (χ1v) is 6.44. The lowest BCUT2D eigenvalue weighted by Gasteiger charge is -2.28. The topological polar surface area (TPSA) is 81.7 Å². The van der Waals surface area contributed by atoms with Crippen LogP contribution < -0.4 is 10.0 Å². The van der Waals surface area contributed by atoms with Gasteiger partial charge in [-0.1, -0.05) is 0 Å². The summed E-state index contributed by atoms with van der Waals surface area (Å²) >= 11 is 0. The van der Waals surface area contributed by atoms with E-state index in [1.54, 1.807) is 0 Å². The van der Waals surface area contributed by atoms with Crippen molar-refractivity contribution in [2.24, 2.45) is 0 Å². The molecule has 7 heteroatoms. The average Bonchev–Trinajstić information content (AvgIpc) is 2.12. The molecule has 3 N–H and O–H groups in total. The zero-order valence-corrected chi connectivity index (χ0v) is 11.1. The van der Waals surface area contributed by atoms with Crippen molar-refractivity contribution >= 4 is 10.2 Å². The molecule has 0 aliphatic rings. The number of rotatable bonds is 7. The summed E-state index contributed by atoms with van der Waals surface area (Å²) in [4.78, 5) is 0. The van der Waals surface area contributed by atoms with E-state index >= 15 is 0 Å². The Balaban J connectivity index is 4.18. The van der Waals surface area contributed by atoms with Crippen molar-refractivity contribution in [2.45, 2.75) is 25.5 Å². The molecule has 0 amide bonds. The van der Waals surface area contributed by atoms with Crippen LogP contribution in [0.25, 0.3) is 0 Å². The van der Waals surface area contributed by atoms with Crippen LogP contribution in [0.2, 0.25) is 0 Å². The fourth-order valence-electron chi connectivity index (χ4n) is 0.857. The Morgan fingerprint density at radius 3 is 2.31 bits per heavy atom. The summed E-state index contributed by atoms with van der Waals surface area (Å²) in [5.41, 5.74) is -0.443. The molecular weight excluding hydrogens is 230 g/mol. The van der Waals surface area contributed by atoms with E-state index in [0.29, 0.717) is 6.54 Å². The summed E-state index contributed by atoms with van der Waals surface area (Å²) in [5.74, 6) is 0. The van der Waals surface area contributed by atoms with Gasteiger partial charge in [-0.05, 0) is 20.8 Å². The molecular formula is C9H22N3O3S. The molecule has 6 nitrogen and oxygen atoms in total. The van der Waals surface area contributed by atoms with E-state index in [1.165, 1.54) is 14.1 Å². The van der Waals surface area contributed by atoms with E-state index in [0.717, 1.165) is 4.31 Å². The molecule has 1 radical (unpaired) electrons. The van der Waals surface area contributed by atoms with Gasteiger partial charge in [0.1, 0.15) is 0 Å². The smallest absolute Gasteiger partial charge is 0.278 e. The molecule has 0 heterocycles. The van der Waals surface area contributed by atoms with Crippen LogP contribution in [0.4, 0.5) is 0 Å². The van der Waals surface area contributed by atoms with Gasteiger partial charge in [-0.3, -0.25) is 0 Å². The molecule has 0 aromatic rings. The third-order valence-corrected chi connectivity index (χ3v) is 3.46. The molecule has 0 spiro atoms. The Hall–Kier alpha value is -0.210. The number of aliphatic hydroxyl groups is 1. The minimum Gasteiger partial charge on any atom is -0.392 e. The summed E-state index contributed by atoms with van der Waals surface area (Å²) in [6.07, 6.45) is -0.704. The van der Waals surface area contributed by atoms with Gasteiger partial charge in [-0.15, -0.1) is 0 Å². The monoisotopic (exact) mass is 252 g/mol. The van der Waals surface area contributed by atoms with Gasteiger partial charge in [0.25, 0.3) is 10.2 Å². The van der Waals surface area contributed by atoms with Crippen molar-refractivity contribution in [3.8, 4) is 0 Å². The first-order valence-electron chi connectivity index (χ1n) is 5.00. The lowest BCUT2D eigenvalue weighted by atomic mass is 10.1. The lowest BCUT2D eigenvalue weighted by Crippen LogP contribution is -2.52. The maximum absolute atomic E-state index is 11.4. The van der Waals surface area contributed by atoms with Crippen molar-refractivity contribution in [1.82, 2.24) is 14.3 Å². The van der Waals surface area contributed by atoms with Gasteiger partial charge in [-0.2, -0.15) is 12.7 Å². The van der Waals surface area contributed by atoms with Crippen LogP contribution in [0.5, 0.6) is 0 Å². The first kappa shape index (κ1) is 15.8. The Kier molecular flexibility index (Phi) is 5.85. The molecule has 0 fully saturated rings. The zero-order valence-electron chi connectivity index (χ0n) is 10.3. The normalized spacial score (nSPS) is 15.4. The van der Waals surface area contributed by atoms with E-state index in [9.17, 15) is 8.42 Å². The number of nitrogens with one attached hydrogen (secondary N) is 2. The van der Waals surface area contributed by atoms with Gasteiger partial charge in [0.15, 0.2) is 0 Å². The van der Waals surface area contributed by atoms with Gasteiger partial charge in [0.05, 0.1) is 6.10 Å². The standard InChI is InChI=1S/C9H22N3O3S/c1-8(13)6-10-9(2,3)7-11-16(14,15)12(4)5/h8,10-11,13H,1,6-7H2,2-5H3. The average molecular weight is 252 g/mol. The van der Waals surface area contributed by atoms with Gasteiger partial charge >= 0.3 is 0 Å². The largest absolute Gasteiger partial charge is 0.392 e. The second-order valence-corrected chi connectivity index (χ2v) is 6.50. The Bertz CT molecular complexity index is 299. The fraction of sp³-hybridized carbons (Fsp3) is 0.889. The highest BCUT2D eigenvalue weighted by molar-refractivity contribution is 7.87. The number of aliphatic hydroxyl groups excluding tert-OH is 1. The van der Waals surface area contributed by atoms with Gasteiger partial charge in [0.2, 0.25) is 0 Å². The maximum Gasteiger partial charge on any atom is 0.278 e. The van der Waals surface area contributed by atoms with E-state index < -0.39 is 21.9 Å². The summed E-state index contributed by atoms with van der Waals surface area (Å²) in [5, 5.41) is 12.0. The van der Waals surface area contributed by atoms with E-state index in [1.807, 2.05) is 13.8 Å². The van der Waals surface area contributed by atoms with Crippen molar-refractivity contribution < 1.29 is 13.5 Å². The maximum atomic E-state index is 11.4. The number of hydrogen-bond donors (Lipinski definition) is 3. The lowest BCUT2D eigenvalue weighted by molar-refractivity contribution is 0.199. The molecule has 16 heavy (non-hydrogen) atoms. The van der Waals surface area contributed by atoms with Crippen molar-refractivity contribution in [2.75, 3.05) is 27.2 Å². The Labute approximate surface area is 98.2 Å². The predicted octanol–water partition coefficient (Wildman–Crippen LogP) is -1.05. The molecule has 1 unspecified atom stereocenters. The van der Waals surface area contributed by atoms with Gasteiger partial charge in [0, 0.05) is 32.7 Å². The third-order valence-electron chi connectivity index (χ3n) is 1.99. The van der Waals surface area contributed by atoms with Crippen LogP contribution in [0.15, 0.2) is 0 Å². The number of hydrogen-bond acceptors (Lipinski definition) is 4. The number of β-amino-alcohol motifs (C(OH)–C–C–N with tert-alkyl or cyclic N) is 1. The Morgan fingerprint density at radius 1 is 1.44 bits per heavy atom. The van der Waals surface area contributed by atoms with Gasteiger partial charge < -0.3 is 10.4 Å². The predicted molar refractivity (Wildman–Crippen MR) is 64.1 cm³/mol. The SMILES string of the molecule is [CH2]C(O)CNC(C)(C)CNS(=O)(=O)N(C)C. The van der Waals surface area contributed by atoms with Gasteiger partial charge in [-0.25, -0.2) is 4.72 Å². The zero-order chi connectivity index (χ0) is 13.0. The summed E-state index contributed by atoms with van der Waals surface area (Å²) in [6, 6.07) is 0. The van der Waals surface area contributed by atoms with Crippen LogP contribution >= 0.6 is 0 Å². The highest BCUT2D eigenvalue weighted by Gasteiger charge is 2.21. The quantitative estimate of drug-likeness (QED) is 0.540. The molecule has 0 rings (SSSR count). The van der Waals surface area contributed by atoms with E-state index in [2.05, 4.69) is 17.0 Å². The second-order valence-electron chi connectivity index (χ2n) is 4.53. The molecule has 0 aliphatic carbocycles. The number of nitrogens with zero attached hydrogens (tertiary/aromatic N) is 1. The molecule has 97 valence electrons. The summed E-state index contributed by atoms with van der Waals surface area (Å²) in [6.45, 7) is 7.66. The summed E-state index contributed by atoms with van der Waals surface area (Å²) < 4.78 is 26.4. The molecule has 0 aromatic carbocycles. The molecule has 0 bridgehead atoms. The summed E-state index contributed by atoms with van der Waals surface area (Å²) in [7, 11) is -0.483. The van der Waals surface area contributed by atoms with Crippen molar-refractivity contribution in [1.29, 1.82) is 0 Å². The Morgan fingerprint density at radius 2 is 1.94 bits per heavy atom. The minimum atomic E-state index is -3.40.